The Hall–Kier alpha value is -2.13. The number of nitrogens with zero attached hydrogens (tertiary/aromatic N) is 2. The molecule has 2 unspecified atom stereocenters. The zero-order valence-electron chi connectivity index (χ0n) is 9.88. The molecular formula is C12H13N3O3. The first-order chi connectivity index (χ1) is 8.56. The average molecular weight is 247 g/mol. The maximum absolute atomic E-state index is 11.2. The smallest absolute Gasteiger partial charge is 0.313 e. The first-order valence-electron chi connectivity index (χ1n) is 5.50. The number of pyridine rings is 1. The van der Waals surface area contributed by atoms with E-state index in [0.29, 0.717) is 18.0 Å². The molecule has 0 radical (unpaired) electrons. The second-order valence-electron chi connectivity index (χ2n) is 4.48. The van der Waals surface area contributed by atoms with Crippen LogP contribution in [0, 0.1) is 16.7 Å². The number of carboxylic acid groups (broad SMARTS) is 1. The Morgan fingerprint density at radius 2 is 2.50 bits per heavy atom. The minimum absolute atomic E-state index is 0.184. The molecule has 2 rings (SSSR count). The molecule has 0 aromatic carbocycles. The summed E-state index contributed by atoms with van der Waals surface area (Å²) in [6.45, 7) is 2.17. The number of carbonyl (C=O) groups is 1. The number of ether oxygens (including phenoxy) is 1. The monoisotopic (exact) mass is 247 g/mol. The van der Waals surface area contributed by atoms with E-state index in [-0.39, 0.29) is 12.6 Å². The van der Waals surface area contributed by atoms with Crippen LogP contribution in [0.2, 0.25) is 0 Å². The van der Waals surface area contributed by atoms with Crippen molar-refractivity contribution in [3.8, 4) is 6.07 Å². The first kappa shape index (κ1) is 12.3. The van der Waals surface area contributed by atoms with E-state index in [1.807, 2.05) is 6.07 Å². The van der Waals surface area contributed by atoms with Crippen LogP contribution in [-0.4, -0.2) is 35.3 Å². The molecule has 0 saturated carbocycles. The Morgan fingerprint density at radius 1 is 1.72 bits per heavy atom. The second-order valence-corrected chi connectivity index (χ2v) is 4.48. The Kier molecular flexibility index (Phi) is 3.17. The number of anilines is 1. The van der Waals surface area contributed by atoms with Crippen molar-refractivity contribution in [3.05, 3.63) is 24.0 Å². The molecule has 18 heavy (non-hydrogen) atoms. The summed E-state index contributed by atoms with van der Waals surface area (Å²) in [5, 5.41) is 20.9. The summed E-state index contributed by atoms with van der Waals surface area (Å²) in [4.78, 5) is 15.2. The molecule has 0 amide bonds. The molecule has 1 aliphatic heterocycles. The van der Waals surface area contributed by atoms with Gasteiger partial charge >= 0.3 is 5.97 Å². The molecule has 6 heteroatoms. The number of aromatic nitrogens is 1. The van der Waals surface area contributed by atoms with Gasteiger partial charge in [0.05, 0.1) is 31.1 Å². The number of hydrogen-bond donors (Lipinski definition) is 2. The SMILES string of the molecule is CC1(C(=O)O)COCC1Nc1ccc(C#N)nc1. The molecule has 1 saturated heterocycles. The van der Waals surface area contributed by atoms with Gasteiger partial charge in [0, 0.05) is 0 Å². The minimum atomic E-state index is -0.950. The predicted octanol–water partition coefficient (Wildman–Crippen LogP) is 0.855. The number of nitrogens with one attached hydrogen (secondary N) is 1. The van der Waals surface area contributed by atoms with Crippen molar-refractivity contribution < 1.29 is 14.6 Å². The predicted molar refractivity (Wildman–Crippen MR) is 62.9 cm³/mol. The van der Waals surface area contributed by atoms with Gasteiger partial charge in [0.2, 0.25) is 0 Å². The normalized spacial score (nSPS) is 26.6. The van der Waals surface area contributed by atoms with Gasteiger partial charge in [-0.05, 0) is 19.1 Å². The third-order valence-corrected chi connectivity index (χ3v) is 3.16. The van der Waals surface area contributed by atoms with Crippen LogP contribution in [-0.2, 0) is 9.53 Å². The summed E-state index contributed by atoms with van der Waals surface area (Å²) >= 11 is 0. The standard InChI is InChI=1S/C12H13N3O3/c1-12(11(16)17)7-18-6-10(12)15-9-3-2-8(4-13)14-5-9/h2-3,5,10,15H,6-7H2,1H3,(H,16,17). The van der Waals surface area contributed by atoms with Gasteiger partial charge in [-0.3, -0.25) is 4.79 Å². The lowest BCUT2D eigenvalue weighted by Crippen LogP contribution is -2.43. The van der Waals surface area contributed by atoms with Crippen LogP contribution in [0.15, 0.2) is 18.3 Å². The van der Waals surface area contributed by atoms with Gasteiger partial charge < -0.3 is 15.2 Å². The van der Waals surface area contributed by atoms with E-state index in [0.717, 1.165) is 0 Å². The summed E-state index contributed by atoms with van der Waals surface area (Å²) in [5.41, 5.74) is 0.0506. The van der Waals surface area contributed by atoms with E-state index in [1.165, 1.54) is 6.20 Å². The maximum atomic E-state index is 11.2. The molecular weight excluding hydrogens is 234 g/mol. The highest BCUT2D eigenvalue weighted by Gasteiger charge is 2.46. The van der Waals surface area contributed by atoms with Crippen molar-refractivity contribution >= 4 is 11.7 Å². The molecule has 1 aromatic rings. The van der Waals surface area contributed by atoms with Crippen LogP contribution < -0.4 is 5.32 Å². The molecule has 1 aliphatic rings. The minimum Gasteiger partial charge on any atom is -0.481 e. The van der Waals surface area contributed by atoms with Gasteiger partial charge in [-0.1, -0.05) is 0 Å². The zero-order valence-corrected chi connectivity index (χ0v) is 9.88. The van der Waals surface area contributed by atoms with E-state index in [2.05, 4.69) is 10.3 Å². The van der Waals surface area contributed by atoms with Gasteiger partial charge in [-0.2, -0.15) is 5.26 Å². The Morgan fingerprint density at radius 3 is 3.06 bits per heavy atom. The molecule has 0 bridgehead atoms. The maximum Gasteiger partial charge on any atom is 0.313 e. The van der Waals surface area contributed by atoms with Crippen molar-refractivity contribution in [2.45, 2.75) is 13.0 Å². The lowest BCUT2D eigenvalue weighted by Gasteiger charge is -2.26. The molecule has 2 N–H and O–H groups in total. The third-order valence-electron chi connectivity index (χ3n) is 3.16. The van der Waals surface area contributed by atoms with Gasteiger partial charge in [-0.25, -0.2) is 4.98 Å². The largest absolute Gasteiger partial charge is 0.481 e. The topological polar surface area (TPSA) is 95.2 Å². The fourth-order valence-corrected chi connectivity index (χ4v) is 1.83. The Balaban J connectivity index is 2.13. The average Bonchev–Trinajstić information content (AvgIpc) is 2.73. The van der Waals surface area contributed by atoms with Gasteiger partial charge in [0.25, 0.3) is 0 Å². The Labute approximate surface area is 104 Å². The number of aliphatic carboxylic acids is 1. The molecule has 2 atom stereocenters. The van der Waals surface area contributed by atoms with E-state index < -0.39 is 11.4 Å². The number of rotatable bonds is 3. The fraction of sp³-hybridized carbons (Fsp3) is 0.417. The van der Waals surface area contributed by atoms with Crippen LogP contribution in [0.25, 0.3) is 0 Å². The summed E-state index contributed by atoms with van der Waals surface area (Å²) in [6, 6.07) is 4.89. The van der Waals surface area contributed by atoms with Crippen LogP contribution in [0.4, 0.5) is 5.69 Å². The number of hydrogen-bond acceptors (Lipinski definition) is 5. The van der Waals surface area contributed by atoms with Gasteiger partial charge in [0.15, 0.2) is 0 Å². The van der Waals surface area contributed by atoms with Gasteiger partial charge in [0.1, 0.15) is 17.2 Å². The number of carboxylic acids is 1. The van der Waals surface area contributed by atoms with Crippen LogP contribution >= 0.6 is 0 Å². The summed E-state index contributed by atoms with van der Waals surface area (Å²) in [5.74, 6) is -0.890. The van der Waals surface area contributed by atoms with Gasteiger partial charge in [-0.15, -0.1) is 0 Å². The molecule has 0 aliphatic carbocycles. The quantitative estimate of drug-likeness (QED) is 0.822. The summed E-state index contributed by atoms with van der Waals surface area (Å²) < 4.78 is 5.24. The highest BCUT2D eigenvalue weighted by molar-refractivity contribution is 5.76. The fourth-order valence-electron chi connectivity index (χ4n) is 1.83. The summed E-state index contributed by atoms with van der Waals surface area (Å²) in [6.07, 6.45) is 1.51. The lowest BCUT2D eigenvalue weighted by atomic mass is 9.85. The lowest BCUT2D eigenvalue weighted by molar-refractivity contribution is -0.148. The molecule has 6 nitrogen and oxygen atoms in total. The molecule has 2 heterocycles. The molecule has 0 spiro atoms. The van der Waals surface area contributed by atoms with Crippen molar-refractivity contribution in [1.82, 2.24) is 4.98 Å². The number of nitriles is 1. The van der Waals surface area contributed by atoms with Crippen molar-refractivity contribution in [1.29, 1.82) is 5.26 Å². The first-order valence-corrected chi connectivity index (χ1v) is 5.50. The van der Waals surface area contributed by atoms with Crippen LogP contribution in [0.5, 0.6) is 0 Å². The molecule has 94 valence electrons. The Bertz CT molecular complexity index is 494. The van der Waals surface area contributed by atoms with E-state index in [4.69, 9.17) is 10.00 Å². The van der Waals surface area contributed by atoms with Crippen LogP contribution in [0.3, 0.4) is 0 Å². The van der Waals surface area contributed by atoms with Crippen LogP contribution in [0.1, 0.15) is 12.6 Å². The van der Waals surface area contributed by atoms with E-state index in [1.54, 1.807) is 19.1 Å². The second kappa shape index (κ2) is 4.63. The van der Waals surface area contributed by atoms with E-state index >= 15 is 0 Å². The molecule has 1 fully saturated rings. The van der Waals surface area contributed by atoms with E-state index in [9.17, 15) is 9.90 Å². The van der Waals surface area contributed by atoms with Crippen molar-refractivity contribution in [2.75, 3.05) is 18.5 Å². The zero-order chi connectivity index (χ0) is 13.2. The van der Waals surface area contributed by atoms with Crippen molar-refractivity contribution in [3.63, 3.8) is 0 Å². The van der Waals surface area contributed by atoms with Crippen molar-refractivity contribution in [2.24, 2.45) is 5.41 Å². The highest BCUT2D eigenvalue weighted by atomic mass is 16.5. The third kappa shape index (κ3) is 2.13. The molecule has 1 aromatic heterocycles. The summed E-state index contributed by atoms with van der Waals surface area (Å²) in [7, 11) is 0. The highest BCUT2D eigenvalue weighted by Crippen LogP contribution is 2.31.